The molecule has 7 heteroatoms. The highest BCUT2D eigenvalue weighted by atomic mass is 79.9. The summed E-state index contributed by atoms with van der Waals surface area (Å²) < 4.78 is 0.101. The van der Waals surface area contributed by atoms with Crippen LogP contribution in [0.4, 0.5) is 11.5 Å². The second-order valence-corrected chi connectivity index (χ2v) is 6.75. The molecular weight excluding hydrogens is 376 g/mol. The first-order chi connectivity index (χ1) is 9.11. The Morgan fingerprint density at radius 2 is 2.00 bits per heavy atom. The van der Waals surface area contributed by atoms with Crippen LogP contribution < -0.4 is 10.9 Å². The molecule has 0 saturated heterocycles. The lowest BCUT2D eigenvalue weighted by atomic mass is 10.2. The lowest BCUT2D eigenvalue weighted by molar-refractivity contribution is 1.11. The molecule has 0 aliphatic carbocycles. The van der Waals surface area contributed by atoms with E-state index in [0.717, 1.165) is 17.5 Å². The molecule has 0 bridgehead atoms. The number of alkyl halides is 2. The minimum atomic E-state index is -0.342. The Morgan fingerprint density at radius 3 is 2.58 bits per heavy atom. The van der Waals surface area contributed by atoms with Gasteiger partial charge in [-0.1, -0.05) is 44.0 Å². The van der Waals surface area contributed by atoms with E-state index in [4.69, 9.17) is 5.41 Å². The lowest BCUT2D eigenvalue weighted by Crippen LogP contribution is -2.15. The molecule has 5 nitrogen and oxygen atoms in total. The number of nitrogens with zero attached hydrogens (tertiary/aromatic N) is 1. The largest absolute Gasteiger partial charge is 0.339 e. The predicted octanol–water partition coefficient (Wildman–Crippen LogP) is 3.30. The fraction of sp³-hybridized carbons (Fsp3) is 0.0833. The summed E-state index contributed by atoms with van der Waals surface area (Å²) in [5.41, 5.74) is 1.73. The number of H-pyrrole nitrogens is 1. The molecule has 98 valence electrons. The monoisotopic (exact) mass is 384 g/mol. The van der Waals surface area contributed by atoms with Gasteiger partial charge in [-0.2, -0.15) is 0 Å². The van der Waals surface area contributed by atoms with Crippen molar-refractivity contribution in [3.8, 4) is 0 Å². The molecule has 0 spiro atoms. The van der Waals surface area contributed by atoms with Crippen LogP contribution in [0.1, 0.15) is 14.9 Å². The summed E-state index contributed by atoms with van der Waals surface area (Å²) in [4.78, 5) is 18.0. The zero-order valence-corrected chi connectivity index (χ0v) is 12.8. The third-order valence-corrected chi connectivity index (χ3v) is 3.52. The zero-order valence-electron chi connectivity index (χ0n) is 9.65. The highest BCUT2D eigenvalue weighted by molar-refractivity contribution is 9.24. The Morgan fingerprint density at radius 1 is 1.32 bits per heavy atom. The van der Waals surface area contributed by atoms with Gasteiger partial charge in [0.25, 0.3) is 5.56 Å². The summed E-state index contributed by atoms with van der Waals surface area (Å²) in [5.74, 6) is 0.362. The summed E-state index contributed by atoms with van der Waals surface area (Å²) in [7, 11) is 0. The number of hydrogen-bond donors (Lipinski definition) is 3. The van der Waals surface area contributed by atoms with Crippen molar-refractivity contribution in [2.75, 3.05) is 5.32 Å². The van der Waals surface area contributed by atoms with Crippen molar-refractivity contribution in [3.05, 3.63) is 52.1 Å². The molecule has 0 fully saturated rings. The molecule has 0 aliphatic heterocycles. The van der Waals surface area contributed by atoms with E-state index in [0.29, 0.717) is 5.82 Å². The third-order valence-electron chi connectivity index (χ3n) is 2.46. The zero-order chi connectivity index (χ0) is 13.8. The number of halogens is 2. The summed E-state index contributed by atoms with van der Waals surface area (Å²) in [6.45, 7) is 0. The molecule has 0 amide bonds. The fourth-order valence-electron chi connectivity index (χ4n) is 1.49. The Labute approximate surface area is 126 Å². The van der Waals surface area contributed by atoms with E-state index in [9.17, 15) is 4.79 Å². The molecule has 2 rings (SSSR count). The smallest absolute Gasteiger partial charge is 0.261 e. The number of nitrogens with one attached hydrogen (secondary N) is 3. The van der Waals surface area contributed by atoms with E-state index < -0.39 is 0 Å². The maximum Gasteiger partial charge on any atom is 0.261 e. The van der Waals surface area contributed by atoms with Crippen molar-refractivity contribution in [3.63, 3.8) is 0 Å². The van der Waals surface area contributed by atoms with Crippen LogP contribution in [0.3, 0.4) is 0 Å². The molecule has 19 heavy (non-hydrogen) atoms. The number of hydrogen-bond acceptors (Lipinski definition) is 4. The van der Waals surface area contributed by atoms with Gasteiger partial charge >= 0.3 is 0 Å². The van der Waals surface area contributed by atoms with Crippen molar-refractivity contribution in [2.24, 2.45) is 0 Å². The highest BCUT2D eigenvalue weighted by Crippen LogP contribution is 2.30. The lowest BCUT2D eigenvalue weighted by Gasteiger charge is -2.08. The quantitative estimate of drug-likeness (QED) is 0.557. The fourth-order valence-corrected chi connectivity index (χ4v) is 2.10. The van der Waals surface area contributed by atoms with E-state index >= 15 is 0 Å². The van der Waals surface area contributed by atoms with Gasteiger partial charge in [-0.05, 0) is 17.7 Å². The van der Waals surface area contributed by atoms with Crippen LogP contribution in [0, 0.1) is 5.41 Å². The summed E-state index contributed by atoms with van der Waals surface area (Å²) in [5, 5.41) is 10.3. The van der Waals surface area contributed by atoms with Crippen LogP contribution in [0.15, 0.2) is 35.4 Å². The average Bonchev–Trinajstić information content (AvgIpc) is 2.39. The molecule has 2 aromatic rings. The minimum Gasteiger partial charge on any atom is -0.339 e. The minimum absolute atomic E-state index is 0.101. The van der Waals surface area contributed by atoms with Crippen LogP contribution in [0.5, 0.6) is 0 Å². The maximum absolute atomic E-state index is 11.5. The topological polar surface area (TPSA) is 81.6 Å². The molecule has 3 N–H and O–H groups in total. The van der Waals surface area contributed by atoms with Gasteiger partial charge in [-0.15, -0.1) is 0 Å². The average molecular weight is 386 g/mol. The van der Waals surface area contributed by atoms with Crippen LogP contribution in [-0.2, 0) is 0 Å². The molecular formula is C12H10Br2N4O. The highest BCUT2D eigenvalue weighted by Gasteiger charge is 2.07. The standard InChI is InChI=1S/C12H10Br2N4O/c13-10(14)7-1-3-8(4-2-7)18-11-9(5-15)12(19)17-6-16-11/h1-6,10,15H,(H2,16,17,18,19). The van der Waals surface area contributed by atoms with Crippen molar-refractivity contribution in [2.45, 2.75) is 3.74 Å². The molecule has 0 saturated carbocycles. The molecule has 0 radical (unpaired) electrons. The second-order valence-electron chi connectivity index (χ2n) is 3.69. The van der Waals surface area contributed by atoms with Crippen LogP contribution in [0.2, 0.25) is 0 Å². The van der Waals surface area contributed by atoms with Gasteiger partial charge in [0.05, 0.1) is 15.6 Å². The van der Waals surface area contributed by atoms with Crippen molar-refractivity contribution < 1.29 is 0 Å². The van der Waals surface area contributed by atoms with Gasteiger partial charge in [-0.25, -0.2) is 4.98 Å². The van der Waals surface area contributed by atoms with Gasteiger partial charge in [0.15, 0.2) is 0 Å². The first kappa shape index (κ1) is 14.0. The molecule has 1 aromatic carbocycles. The van der Waals surface area contributed by atoms with Gasteiger partial charge in [0, 0.05) is 11.9 Å². The Bertz CT molecular complexity index is 637. The van der Waals surface area contributed by atoms with Crippen LogP contribution in [-0.4, -0.2) is 16.2 Å². The maximum atomic E-state index is 11.5. The molecule has 0 aliphatic rings. The first-order valence-corrected chi connectivity index (χ1v) is 7.18. The Balaban J connectivity index is 2.29. The van der Waals surface area contributed by atoms with Gasteiger partial charge in [0.1, 0.15) is 5.82 Å². The third kappa shape index (κ3) is 3.30. The second kappa shape index (κ2) is 6.12. The molecule has 0 atom stereocenters. The van der Waals surface area contributed by atoms with Gasteiger partial charge in [0.2, 0.25) is 0 Å². The number of benzene rings is 1. The summed E-state index contributed by atoms with van der Waals surface area (Å²) in [6.07, 6.45) is 2.29. The molecule has 0 unspecified atom stereocenters. The number of aromatic nitrogens is 2. The van der Waals surface area contributed by atoms with E-state index in [2.05, 4.69) is 47.1 Å². The van der Waals surface area contributed by atoms with Gasteiger partial charge < -0.3 is 15.7 Å². The van der Waals surface area contributed by atoms with E-state index in [1.165, 1.54) is 6.33 Å². The number of rotatable bonds is 4. The SMILES string of the molecule is N=Cc1c(Nc2ccc(C(Br)Br)cc2)nc[nH]c1=O. The van der Waals surface area contributed by atoms with E-state index in [1.54, 1.807) is 0 Å². The summed E-state index contributed by atoms with van der Waals surface area (Å²) >= 11 is 6.83. The van der Waals surface area contributed by atoms with Gasteiger partial charge in [-0.3, -0.25) is 4.79 Å². The number of aromatic amines is 1. The Hall–Kier alpha value is -1.47. The normalized spacial score (nSPS) is 10.5. The predicted molar refractivity (Wildman–Crippen MR) is 83.1 cm³/mol. The summed E-state index contributed by atoms with van der Waals surface area (Å²) in [6, 6.07) is 7.63. The molecule has 1 heterocycles. The van der Waals surface area contributed by atoms with Crippen molar-refractivity contribution >= 4 is 49.6 Å². The van der Waals surface area contributed by atoms with Crippen LogP contribution >= 0.6 is 31.9 Å². The Kier molecular flexibility index (Phi) is 4.49. The number of anilines is 2. The van der Waals surface area contributed by atoms with E-state index in [1.807, 2.05) is 24.3 Å². The van der Waals surface area contributed by atoms with Crippen LogP contribution in [0.25, 0.3) is 0 Å². The van der Waals surface area contributed by atoms with Crippen molar-refractivity contribution in [1.29, 1.82) is 5.41 Å². The first-order valence-electron chi connectivity index (χ1n) is 5.35. The van der Waals surface area contributed by atoms with E-state index in [-0.39, 0.29) is 14.9 Å². The van der Waals surface area contributed by atoms with Crippen molar-refractivity contribution in [1.82, 2.24) is 9.97 Å². The molecule has 1 aromatic heterocycles.